The molecule has 1 heterocycles. The molecule has 0 aliphatic rings. The van der Waals surface area contributed by atoms with Crippen molar-refractivity contribution in [2.24, 2.45) is 5.92 Å². The Kier molecular flexibility index (Phi) is 2.46. The maximum atomic E-state index is 11.5. The second-order valence-electron chi connectivity index (χ2n) is 3.05. The van der Waals surface area contributed by atoms with Gasteiger partial charge in [0.25, 0.3) is 0 Å². The number of carbonyl (C=O) groups is 1. The second-order valence-corrected chi connectivity index (χ2v) is 3.05. The van der Waals surface area contributed by atoms with Crippen molar-refractivity contribution in [1.82, 2.24) is 9.97 Å². The lowest BCUT2D eigenvalue weighted by molar-refractivity contribution is 0.0939. The van der Waals surface area contributed by atoms with Gasteiger partial charge in [-0.25, -0.2) is 4.98 Å². The molecule has 0 bridgehead atoms. The van der Waals surface area contributed by atoms with Gasteiger partial charge in [0.15, 0.2) is 5.78 Å². The maximum absolute atomic E-state index is 11.5. The molecule has 0 radical (unpaired) electrons. The third-order valence-corrected chi connectivity index (χ3v) is 1.63. The maximum Gasteiger partial charge on any atom is 0.221 e. The molecule has 0 fully saturated rings. The van der Waals surface area contributed by atoms with Crippen LogP contribution in [0.25, 0.3) is 0 Å². The van der Waals surface area contributed by atoms with Gasteiger partial charge in [-0.15, -0.1) is 0 Å². The van der Waals surface area contributed by atoms with Crippen molar-refractivity contribution in [1.29, 1.82) is 0 Å². The van der Waals surface area contributed by atoms with Crippen molar-refractivity contribution >= 4 is 17.5 Å². The summed E-state index contributed by atoms with van der Waals surface area (Å²) >= 11 is 0. The van der Waals surface area contributed by atoms with Crippen LogP contribution in [0.3, 0.4) is 0 Å². The first-order valence-electron chi connectivity index (χ1n) is 3.94. The van der Waals surface area contributed by atoms with E-state index < -0.39 is 0 Å². The smallest absolute Gasteiger partial charge is 0.221 e. The quantitative estimate of drug-likeness (QED) is 0.645. The summed E-state index contributed by atoms with van der Waals surface area (Å²) in [6, 6.07) is 0. The van der Waals surface area contributed by atoms with E-state index >= 15 is 0 Å². The van der Waals surface area contributed by atoms with Crippen molar-refractivity contribution in [3.8, 4) is 0 Å². The van der Waals surface area contributed by atoms with E-state index in [4.69, 9.17) is 11.5 Å². The second kappa shape index (κ2) is 3.38. The number of nitrogen functional groups attached to an aromatic ring is 2. The number of Topliss-reactive ketones (excluding diaryl/α,β-unsaturated/α-hetero) is 1. The van der Waals surface area contributed by atoms with Crippen LogP contribution in [0.5, 0.6) is 0 Å². The van der Waals surface area contributed by atoms with Gasteiger partial charge in [0.1, 0.15) is 5.82 Å². The van der Waals surface area contributed by atoms with Crippen molar-refractivity contribution in [3.05, 3.63) is 11.8 Å². The predicted octanol–water partition coefficient (Wildman–Crippen LogP) is 0.480. The molecule has 1 aromatic rings. The Balaban J connectivity index is 3.09. The average Bonchev–Trinajstić information content (AvgIpc) is 2.03. The first kappa shape index (κ1) is 9.44. The van der Waals surface area contributed by atoms with Crippen LogP contribution in [-0.2, 0) is 0 Å². The number of rotatable bonds is 2. The highest BCUT2D eigenvalue weighted by molar-refractivity contribution is 6.00. The molecular formula is C8H12N4O. The molecule has 1 aromatic heterocycles. The molecule has 0 unspecified atom stereocenters. The van der Waals surface area contributed by atoms with Crippen LogP contribution in [0.15, 0.2) is 6.20 Å². The highest BCUT2D eigenvalue weighted by Gasteiger charge is 2.14. The third kappa shape index (κ3) is 1.93. The Morgan fingerprint density at radius 1 is 1.46 bits per heavy atom. The normalized spacial score (nSPS) is 10.4. The number of nitrogens with zero attached hydrogens (tertiary/aromatic N) is 2. The fourth-order valence-electron chi connectivity index (χ4n) is 0.910. The molecule has 5 nitrogen and oxygen atoms in total. The van der Waals surface area contributed by atoms with E-state index in [1.165, 1.54) is 6.20 Å². The van der Waals surface area contributed by atoms with Crippen LogP contribution in [0.2, 0.25) is 0 Å². The van der Waals surface area contributed by atoms with Gasteiger partial charge >= 0.3 is 0 Å². The number of hydrogen-bond donors (Lipinski definition) is 2. The molecule has 70 valence electrons. The van der Waals surface area contributed by atoms with Crippen molar-refractivity contribution in [2.45, 2.75) is 13.8 Å². The molecular weight excluding hydrogens is 168 g/mol. The number of carbonyl (C=O) groups excluding carboxylic acids is 1. The number of hydrogen-bond acceptors (Lipinski definition) is 5. The van der Waals surface area contributed by atoms with Crippen molar-refractivity contribution < 1.29 is 4.79 Å². The van der Waals surface area contributed by atoms with Gasteiger partial charge in [-0.2, -0.15) is 4.98 Å². The Hall–Kier alpha value is -1.65. The number of ketones is 1. The Labute approximate surface area is 76.2 Å². The fourth-order valence-corrected chi connectivity index (χ4v) is 0.910. The minimum absolute atomic E-state index is 0.0718. The van der Waals surface area contributed by atoms with E-state index in [9.17, 15) is 4.79 Å². The van der Waals surface area contributed by atoms with Gasteiger partial charge in [-0.05, 0) is 0 Å². The molecule has 4 N–H and O–H groups in total. The monoisotopic (exact) mass is 180 g/mol. The summed E-state index contributed by atoms with van der Waals surface area (Å²) in [4.78, 5) is 18.9. The fraction of sp³-hybridized carbons (Fsp3) is 0.375. The largest absolute Gasteiger partial charge is 0.383 e. The minimum Gasteiger partial charge on any atom is -0.383 e. The van der Waals surface area contributed by atoms with Crippen LogP contribution in [0.4, 0.5) is 11.8 Å². The van der Waals surface area contributed by atoms with Gasteiger partial charge in [0.05, 0.1) is 5.56 Å². The highest BCUT2D eigenvalue weighted by Crippen LogP contribution is 2.13. The third-order valence-electron chi connectivity index (χ3n) is 1.63. The number of nitrogens with two attached hydrogens (primary N) is 2. The van der Waals surface area contributed by atoms with Gasteiger partial charge in [0, 0.05) is 12.1 Å². The molecule has 1 rings (SSSR count). The Morgan fingerprint density at radius 3 is 2.54 bits per heavy atom. The molecule has 0 atom stereocenters. The van der Waals surface area contributed by atoms with Gasteiger partial charge in [0.2, 0.25) is 5.95 Å². The highest BCUT2D eigenvalue weighted by atomic mass is 16.1. The molecule has 0 amide bonds. The Bertz CT molecular complexity index is 335. The summed E-state index contributed by atoms with van der Waals surface area (Å²) in [5.41, 5.74) is 11.1. The van der Waals surface area contributed by atoms with Gasteiger partial charge in [-0.1, -0.05) is 13.8 Å². The SMILES string of the molecule is CC(C)C(=O)c1cnc(N)nc1N. The summed E-state index contributed by atoms with van der Waals surface area (Å²) in [6.45, 7) is 3.58. The van der Waals surface area contributed by atoms with Crippen molar-refractivity contribution in [3.63, 3.8) is 0 Å². The summed E-state index contributed by atoms with van der Waals surface area (Å²) in [7, 11) is 0. The van der Waals surface area contributed by atoms with E-state index in [0.717, 1.165) is 0 Å². The van der Waals surface area contributed by atoms with E-state index in [-0.39, 0.29) is 23.5 Å². The van der Waals surface area contributed by atoms with Gasteiger partial charge in [-0.3, -0.25) is 4.79 Å². The topological polar surface area (TPSA) is 94.9 Å². The zero-order chi connectivity index (χ0) is 10.0. The van der Waals surface area contributed by atoms with Crippen LogP contribution in [0.1, 0.15) is 24.2 Å². The van der Waals surface area contributed by atoms with Crippen LogP contribution in [0, 0.1) is 5.92 Å². The minimum atomic E-state index is -0.116. The number of aromatic nitrogens is 2. The van der Waals surface area contributed by atoms with Crippen LogP contribution < -0.4 is 11.5 Å². The molecule has 0 saturated carbocycles. The first-order valence-corrected chi connectivity index (χ1v) is 3.94. The molecule has 0 aliphatic carbocycles. The zero-order valence-electron chi connectivity index (χ0n) is 7.61. The molecule has 0 saturated heterocycles. The molecule has 5 heteroatoms. The summed E-state index contributed by atoms with van der Waals surface area (Å²) < 4.78 is 0. The summed E-state index contributed by atoms with van der Waals surface area (Å²) in [5, 5.41) is 0. The number of anilines is 2. The molecule has 0 spiro atoms. The molecule has 0 aromatic carbocycles. The van der Waals surface area contributed by atoms with Crippen LogP contribution in [-0.4, -0.2) is 15.8 Å². The molecule has 13 heavy (non-hydrogen) atoms. The molecule has 0 aliphatic heterocycles. The lowest BCUT2D eigenvalue weighted by atomic mass is 10.0. The summed E-state index contributed by atoms with van der Waals surface area (Å²) in [6.07, 6.45) is 1.36. The zero-order valence-corrected chi connectivity index (χ0v) is 7.61. The average molecular weight is 180 g/mol. The predicted molar refractivity (Wildman–Crippen MR) is 50.0 cm³/mol. The van der Waals surface area contributed by atoms with E-state index in [2.05, 4.69) is 9.97 Å². The van der Waals surface area contributed by atoms with E-state index in [0.29, 0.717) is 5.56 Å². The standard InChI is InChI=1S/C8H12N4O/c1-4(2)6(13)5-3-11-8(10)12-7(5)9/h3-4H,1-2H3,(H4,9,10,11,12). The van der Waals surface area contributed by atoms with Crippen molar-refractivity contribution in [2.75, 3.05) is 11.5 Å². The lowest BCUT2D eigenvalue weighted by Gasteiger charge is -2.05. The van der Waals surface area contributed by atoms with Crippen LogP contribution >= 0.6 is 0 Å². The Morgan fingerprint density at radius 2 is 2.08 bits per heavy atom. The van der Waals surface area contributed by atoms with E-state index in [1.54, 1.807) is 13.8 Å². The summed E-state index contributed by atoms with van der Waals surface area (Å²) in [5.74, 6) is 0.0380. The lowest BCUT2D eigenvalue weighted by Crippen LogP contribution is -2.13. The first-order chi connectivity index (χ1) is 6.02. The van der Waals surface area contributed by atoms with Gasteiger partial charge < -0.3 is 11.5 Å². The van der Waals surface area contributed by atoms with E-state index in [1.807, 2.05) is 0 Å².